The molecule has 17 heavy (non-hydrogen) atoms. The van der Waals surface area contributed by atoms with Crippen molar-refractivity contribution in [3.63, 3.8) is 0 Å². The van der Waals surface area contributed by atoms with Crippen LogP contribution in [0.5, 0.6) is 0 Å². The van der Waals surface area contributed by atoms with Crippen LogP contribution in [0.1, 0.15) is 38.3 Å². The van der Waals surface area contributed by atoms with E-state index in [1.165, 1.54) is 25.7 Å². The molecule has 1 aliphatic rings. The first-order valence-corrected chi connectivity index (χ1v) is 7.73. The standard InChI is InChI=1S/C13H19ClN2S/c1-2-15-13-8-7-11(14)12(16-13)9-17-10-5-3-4-6-10/h7-8,10H,2-6,9H2,1H3,(H,15,16). The predicted octanol–water partition coefficient (Wildman–Crippen LogP) is 4.34. The number of pyridine rings is 1. The van der Waals surface area contributed by atoms with E-state index in [1.54, 1.807) is 0 Å². The first kappa shape index (κ1) is 13.0. The van der Waals surface area contributed by atoms with Gasteiger partial charge in [-0.05, 0) is 31.9 Å². The Hall–Kier alpha value is -0.410. The lowest BCUT2D eigenvalue weighted by atomic mass is 10.3. The molecule has 0 amide bonds. The van der Waals surface area contributed by atoms with Gasteiger partial charge in [-0.3, -0.25) is 0 Å². The number of halogens is 1. The van der Waals surface area contributed by atoms with Crippen molar-refractivity contribution in [3.05, 3.63) is 22.8 Å². The molecule has 1 aromatic rings. The van der Waals surface area contributed by atoms with Crippen LogP contribution in [-0.4, -0.2) is 16.8 Å². The molecule has 0 unspecified atom stereocenters. The summed E-state index contributed by atoms with van der Waals surface area (Å²) in [7, 11) is 0. The maximum Gasteiger partial charge on any atom is 0.126 e. The number of thioether (sulfide) groups is 1. The Morgan fingerprint density at radius 1 is 1.41 bits per heavy atom. The average Bonchev–Trinajstić information content (AvgIpc) is 2.83. The molecule has 1 heterocycles. The van der Waals surface area contributed by atoms with E-state index in [0.717, 1.165) is 34.1 Å². The van der Waals surface area contributed by atoms with Gasteiger partial charge in [-0.15, -0.1) is 0 Å². The predicted molar refractivity (Wildman–Crippen MR) is 77.0 cm³/mol. The number of hydrogen-bond acceptors (Lipinski definition) is 3. The summed E-state index contributed by atoms with van der Waals surface area (Å²) < 4.78 is 0. The van der Waals surface area contributed by atoms with Gasteiger partial charge in [-0.2, -0.15) is 11.8 Å². The Morgan fingerprint density at radius 2 is 2.18 bits per heavy atom. The van der Waals surface area contributed by atoms with Crippen molar-refractivity contribution in [3.8, 4) is 0 Å². The van der Waals surface area contributed by atoms with Gasteiger partial charge < -0.3 is 5.32 Å². The number of anilines is 1. The van der Waals surface area contributed by atoms with Gasteiger partial charge in [-0.25, -0.2) is 4.98 Å². The summed E-state index contributed by atoms with van der Waals surface area (Å²) in [4.78, 5) is 4.56. The van der Waals surface area contributed by atoms with Gasteiger partial charge in [0.1, 0.15) is 5.82 Å². The molecular weight excluding hydrogens is 252 g/mol. The molecule has 2 nitrogen and oxygen atoms in total. The zero-order chi connectivity index (χ0) is 12.1. The zero-order valence-electron chi connectivity index (χ0n) is 10.2. The molecule has 2 rings (SSSR count). The fourth-order valence-electron chi connectivity index (χ4n) is 2.12. The van der Waals surface area contributed by atoms with Gasteiger partial charge in [0.05, 0.1) is 10.7 Å². The van der Waals surface area contributed by atoms with E-state index in [9.17, 15) is 0 Å². The summed E-state index contributed by atoms with van der Waals surface area (Å²) in [5.41, 5.74) is 1.02. The molecule has 1 aromatic heterocycles. The monoisotopic (exact) mass is 270 g/mol. The normalized spacial score (nSPS) is 16.4. The van der Waals surface area contributed by atoms with Crippen molar-refractivity contribution < 1.29 is 0 Å². The van der Waals surface area contributed by atoms with Gasteiger partial charge in [0.2, 0.25) is 0 Å². The lowest BCUT2D eigenvalue weighted by Gasteiger charge is -2.10. The van der Waals surface area contributed by atoms with Gasteiger partial charge in [-0.1, -0.05) is 24.4 Å². The molecule has 94 valence electrons. The van der Waals surface area contributed by atoms with E-state index < -0.39 is 0 Å². The molecule has 0 aliphatic heterocycles. The molecule has 0 aromatic carbocycles. The fraction of sp³-hybridized carbons (Fsp3) is 0.615. The highest BCUT2D eigenvalue weighted by Crippen LogP contribution is 2.32. The van der Waals surface area contributed by atoms with Crippen LogP contribution in [0.15, 0.2) is 12.1 Å². The van der Waals surface area contributed by atoms with Crippen LogP contribution in [0.2, 0.25) is 5.02 Å². The van der Waals surface area contributed by atoms with Crippen LogP contribution in [0, 0.1) is 0 Å². The number of aromatic nitrogens is 1. The third-order valence-corrected chi connectivity index (χ3v) is 4.76. The van der Waals surface area contributed by atoms with Crippen molar-refractivity contribution in [1.82, 2.24) is 4.98 Å². The molecule has 0 saturated heterocycles. The molecule has 4 heteroatoms. The van der Waals surface area contributed by atoms with Crippen LogP contribution >= 0.6 is 23.4 Å². The van der Waals surface area contributed by atoms with E-state index in [0.29, 0.717) is 0 Å². The maximum absolute atomic E-state index is 6.18. The Balaban J connectivity index is 1.95. The van der Waals surface area contributed by atoms with E-state index >= 15 is 0 Å². The minimum absolute atomic E-state index is 0.789. The average molecular weight is 271 g/mol. The van der Waals surface area contributed by atoms with Gasteiger partial charge in [0.15, 0.2) is 0 Å². The lowest BCUT2D eigenvalue weighted by Crippen LogP contribution is -2.02. The smallest absolute Gasteiger partial charge is 0.126 e. The summed E-state index contributed by atoms with van der Waals surface area (Å²) in [6.45, 7) is 2.97. The Morgan fingerprint density at radius 3 is 2.88 bits per heavy atom. The highest BCUT2D eigenvalue weighted by Gasteiger charge is 2.16. The number of nitrogens with one attached hydrogen (secondary N) is 1. The van der Waals surface area contributed by atoms with Crippen LogP contribution in [-0.2, 0) is 5.75 Å². The Kier molecular flexibility index (Phi) is 4.99. The first-order valence-electron chi connectivity index (χ1n) is 6.30. The first-order chi connectivity index (χ1) is 8.29. The van der Waals surface area contributed by atoms with E-state index in [1.807, 2.05) is 23.9 Å². The van der Waals surface area contributed by atoms with E-state index in [4.69, 9.17) is 11.6 Å². The molecular formula is C13H19ClN2S. The van der Waals surface area contributed by atoms with Crippen molar-refractivity contribution in [2.45, 2.75) is 43.6 Å². The Bertz CT molecular complexity index is 364. The zero-order valence-corrected chi connectivity index (χ0v) is 11.8. The summed E-state index contributed by atoms with van der Waals surface area (Å²) in [6, 6.07) is 3.88. The molecule has 1 aliphatic carbocycles. The third kappa shape index (κ3) is 3.78. The molecule has 1 fully saturated rings. The quantitative estimate of drug-likeness (QED) is 0.861. The number of nitrogens with zero attached hydrogens (tertiary/aromatic N) is 1. The molecule has 0 radical (unpaired) electrons. The van der Waals surface area contributed by atoms with E-state index in [2.05, 4.69) is 17.2 Å². The van der Waals surface area contributed by atoms with Crippen LogP contribution in [0.25, 0.3) is 0 Å². The molecule has 0 bridgehead atoms. The van der Waals surface area contributed by atoms with Crippen molar-refractivity contribution in [2.24, 2.45) is 0 Å². The topological polar surface area (TPSA) is 24.9 Å². The lowest BCUT2D eigenvalue weighted by molar-refractivity contribution is 0.886. The molecule has 0 spiro atoms. The Labute approximate surface area is 113 Å². The van der Waals surface area contributed by atoms with Gasteiger partial charge in [0, 0.05) is 17.5 Å². The maximum atomic E-state index is 6.18. The second-order valence-electron chi connectivity index (χ2n) is 4.37. The highest BCUT2D eigenvalue weighted by molar-refractivity contribution is 7.99. The minimum atomic E-state index is 0.789. The van der Waals surface area contributed by atoms with Crippen LogP contribution in [0.4, 0.5) is 5.82 Å². The number of rotatable bonds is 5. The molecule has 1 N–H and O–H groups in total. The van der Waals surface area contributed by atoms with E-state index in [-0.39, 0.29) is 0 Å². The summed E-state index contributed by atoms with van der Waals surface area (Å²) >= 11 is 8.18. The summed E-state index contributed by atoms with van der Waals surface area (Å²) in [6.07, 6.45) is 5.48. The van der Waals surface area contributed by atoms with Crippen LogP contribution < -0.4 is 5.32 Å². The van der Waals surface area contributed by atoms with Crippen LogP contribution in [0.3, 0.4) is 0 Å². The summed E-state index contributed by atoms with van der Waals surface area (Å²) in [5, 5.41) is 4.83. The van der Waals surface area contributed by atoms with Crippen molar-refractivity contribution in [1.29, 1.82) is 0 Å². The molecule has 1 saturated carbocycles. The largest absolute Gasteiger partial charge is 0.370 e. The minimum Gasteiger partial charge on any atom is -0.370 e. The third-order valence-electron chi connectivity index (χ3n) is 3.03. The molecule has 0 atom stereocenters. The second kappa shape index (κ2) is 6.50. The fourth-order valence-corrected chi connectivity index (χ4v) is 3.65. The SMILES string of the molecule is CCNc1ccc(Cl)c(CSC2CCCC2)n1. The van der Waals surface area contributed by atoms with Gasteiger partial charge in [0.25, 0.3) is 0 Å². The van der Waals surface area contributed by atoms with Gasteiger partial charge >= 0.3 is 0 Å². The highest BCUT2D eigenvalue weighted by atomic mass is 35.5. The van der Waals surface area contributed by atoms with Crippen molar-refractivity contribution >= 4 is 29.2 Å². The summed E-state index contributed by atoms with van der Waals surface area (Å²) in [5.74, 6) is 1.86. The number of hydrogen-bond donors (Lipinski definition) is 1. The second-order valence-corrected chi connectivity index (χ2v) is 6.07. The van der Waals surface area contributed by atoms with Crippen molar-refractivity contribution in [2.75, 3.05) is 11.9 Å².